The van der Waals surface area contributed by atoms with Gasteiger partial charge in [0, 0.05) is 14.7 Å². The topological polar surface area (TPSA) is 20.2 Å². The zero-order valence-corrected chi connectivity index (χ0v) is 12.5. The van der Waals surface area contributed by atoms with Crippen molar-refractivity contribution in [1.82, 2.24) is 0 Å². The van der Waals surface area contributed by atoms with E-state index in [1.165, 1.54) is 11.3 Å². The van der Waals surface area contributed by atoms with Gasteiger partial charge in [0.15, 0.2) is 0 Å². The molecule has 0 saturated heterocycles. The molecule has 0 aliphatic rings. The smallest absolute Gasteiger partial charge is 0.133 e. The maximum Gasteiger partial charge on any atom is 0.133 e. The van der Waals surface area contributed by atoms with Gasteiger partial charge in [0.1, 0.15) is 17.7 Å². The van der Waals surface area contributed by atoms with Crippen molar-refractivity contribution in [3.05, 3.63) is 69.0 Å². The van der Waals surface area contributed by atoms with Crippen LogP contribution in [-0.2, 0) is 0 Å². The molecule has 0 radical (unpaired) electrons. The standard InChI is InChI=1S/C15H9BrF2OS/c16-9-6-11(17)13(12(18)7-9)14(19)10-3-1-2-8-4-5-20-15(8)10/h1-7,14,19H. The summed E-state index contributed by atoms with van der Waals surface area (Å²) in [4.78, 5) is 0. The number of thiophene rings is 1. The molecule has 1 N–H and O–H groups in total. The Labute approximate surface area is 126 Å². The van der Waals surface area contributed by atoms with Crippen molar-refractivity contribution in [2.75, 3.05) is 0 Å². The molecule has 1 heterocycles. The second kappa shape index (κ2) is 5.24. The van der Waals surface area contributed by atoms with Crippen LogP contribution >= 0.6 is 27.3 Å². The van der Waals surface area contributed by atoms with Crippen LogP contribution in [0.1, 0.15) is 17.2 Å². The number of aliphatic hydroxyl groups is 1. The fourth-order valence-corrected chi connectivity index (χ4v) is 3.54. The molecule has 1 atom stereocenters. The quantitative estimate of drug-likeness (QED) is 0.684. The molecule has 20 heavy (non-hydrogen) atoms. The highest BCUT2D eigenvalue weighted by Gasteiger charge is 2.22. The Kier molecular flexibility index (Phi) is 3.58. The number of halogens is 3. The van der Waals surface area contributed by atoms with Crippen molar-refractivity contribution in [2.24, 2.45) is 0 Å². The van der Waals surface area contributed by atoms with E-state index in [0.29, 0.717) is 10.0 Å². The molecule has 0 saturated carbocycles. The second-order valence-electron chi connectivity index (χ2n) is 4.37. The van der Waals surface area contributed by atoms with Crippen LogP contribution in [0.5, 0.6) is 0 Å². The molecule has 0 aliphatic carbocycles. The lowest BCUT2D eigenvalue weighted by atomic mass is 9.99. The van der Waals surface area contributed by atoms with E-state index < -0.39 is 17.7 Å². The summed E-state index contributed by atoms with van der Waals surface area (Å²) in [6, 6.07) is 9.56. The minimum atomic E-state index is -1.33. The van der Waals surface area contributed by atoms with Crippen LogP contribution in [0.4, 0.5) is 8.78 Å². The summed E-state index contributed by atoms with van der Waals surface area (Å²) in [6.07, 6.45) is -1.33. The third-order valence-electron chi connectivity index (χ3n) is 3.12. The van der Waals surface area contributed by atoms with Crippen LogP contribution in [0.15, 0.2) is 46.3 Å². The highest BCUT2D eigenvalue weighted by Crippen LogP contribution is 2.35. The van der Waals surface area contributed by atoms with Crippen LogP contribution in [-0.4, -0.2) is 5.11 Å². The SMILES string of the molecule is OC(c1c(F)cc(Br)cc1F)c1cccc2ccsc12. The van der Waals surface area contributed by atoms with E-state index >= 15 is 0 Å². The first-order valence-corrected chi connectivity index (χ1v) is 7.54. The molecule has 1 nitrogen and oxygen atoms in total. The van der Waals surface area contributed by atoms with Gasteiger partial charge in [-0.25, -0.2) is 8.78 Å². The van der Waals surface area contributed by atoms with Gasteiger partial charge in [0.25, 0.3) is 0 Å². The molecule has 0 amide bonds. The number of rotatable bonds is 2. The molecular weight excluding hydrogens is 346 g/mol. The summed E-state index contributed by atoms with van der Waals surface area (Å²) in [5.74, 6) is -1.53. The second-order valence-corrected chi connectivity index (χ2v) is 6.20. The first-order chi connectivity index (χ1) is 9.58. The Morgan fingerprint density at radius 3 is 2.50 bits per heavy atom. The molecule has 0 bridgehead atoms. The molecular formula is C15H9BrF2OS. The van der Waals surface area contributed by atoms with Gasteiger partial charge < -0.3 is 5.11 Å². The van der Waals surface area contributed by atoms with E-state index in [4.69, 9.17) is 0 Å². The lowest BCUT2D eigenvalue weighted by molar-refractivity contribution is 0.210. The summed E-state index contributed by atoms with van der Waals surface area (Å²) in [6.45, 7) is 0. The summed E-state index contributed by atoms with van der Waals surface area (Å²) in [5.41, 5.74) is 0.187. The Morgan fingerprint density at radius 1 is 1.10 bits per heavy atom. The highest BCUT2D eigenvalue weighted by atomic mass is 79.9. The lowest BCUT2D eigenvalue weighted by Crippen LogP contribution is -2.06. The normalized spacial score (nSPS) is 12.8. The minimum Gasteiger partial charge on any atom is -0.383 e. The summed E-state index contributed by atoms with van der Waals surface area (Å²) < 4.78 is 29.0. The Hall–Kier alpha value is -1.30. The predicted octanol–water partition coefficient (Wildman–Crippen LogP) is 5.02. The van der Waals surface area contributed by atoms with Crippen molar-refractivity contribution in [1.29, 1.82) is 0 Å². The maximum absolute atomic E-state index is 13.9. The summed E-state index contributed by atoms with van der Waals surface area (Å²) in [7, 11) is 0. The van der Waals surface area contributed by atoms with E-state index in [2.05, 4.69) is 15.9 Å². The monoisotopic (exact) mass is 354 g/mol. The minimum absolute atomic E-state index is 0.304. The largest absolute Gasteiger partial charge is 0.383 e. The first kappa shape index (κ1) is 13.7. The zero-order valence-electron chi connectivity index (χ0n) is 10.1. The lowest BCUT2D eigenvalue weighted by Gasteiger charge is -2.14. The molecule has 0 spiro atoms. The van der Waals surface area contributed by atoms with E-state index in [-0.39, 0.29) is 5.56 Å². The van der Waals surface area contributed by atoms with Gasteiger partial charge >= 0.3 is 0 Å². The average molecular weight is 355 g/mol. The van der Waals surface area contributed by atoms with E-state index in [0.717, 1.165) is 22.2 Å². The third kappa shape index (κ3) is 2.26. The van der Waals surface area contributed by atoms with Crippen molar-refractivity contribution < 1.29 is 13.9 Å². The van der Waals surface area contributed by atoms with E-state index in [1.54, 1.807) is 12.1 Å². The van der Waals surface area contributed by atoms with Crippen molar-refractivity contribution >= 4 is 37.4 Å². The third-order valence-corrected chi connectivity index (χ3v) is 4.56. The van der Waals surface area contributed by atoms with Gasteiger partial charge in [0.2, 0.25) is 0 Å². The van der Waals surface area contributed by atoms with Crippen LogP contribution in [0.2, 0.25) is 0 Å². The van der Waals surface area contributed by atoms with E-state index in [1.807, 2.05) is 17.5 Å². The highest BCUT2D eigenvalue weighted by molar-refractivity contribution is 9.10. The average Bonchev–Trinajstić information content (AvgIpc) is 2.85. The Balaban J connectivity index is 2.18. The molecule has 2 aromatic carbocycles. The van der Waals surface area contributed by atoms with Gasteiger partial charge in [-0.3, -0.25) is 0 Å². The number of hydrogen-bond acceptors (Lipinski definition) is 2. The van der Waals surface area contributed by atoms with Crippen LogP contribution in [0, 0.1) is 11.6 Å². The molecule has 1 aromatic heterocycles. The number of hydrogen-bond donors (Lipinski definition) is 1. The van der Waals surface area contributed by atoms with Gasteiger partial charge in [-0.05, 0) is 29.0 Å². The van der Waals surface area contributed by atoms with Crippen LogP contribution < -0.4 is 0 Å². The van der Waals surface area contributed by atoms with Crippen LogP contribution in [0.25, 0.3) is 10.1 Å². The Bertz CT molecular complexity index is 761. The predicted molar refractivity (Wildman–Crippen MR) is 79.9 cm³/mol. The number of aliphatic hydroxyl groups excluding tert-OH is 1. The maximum atomic E-state index is 13.9. The molecule has 3 aromatic rings. The van der Waals surface area contributed by atoms with Crippen molar-refractivity contribution in [3.63, 3.8) is 0 Å². The molecule has 1 unspecified atom stereocenters. The molecule has 0 fully saturated rings. The molecule has 5 heteroatoms. The molecule has 3 rings (SSSR count). The molecule has 102 valence electrons. The zero-order chi connectivity index (χ0) is 14.3. The Morgan fingerprint density at radius 2 is 1.80 bits per heavy atom. The summed E-state index contributed by atoms with van der Waals surface area (Å²) >= 11 is 4.46. The number of benzene rings is 2. The number of fused-ring (bicyclic) bond motifs is 1. The first-order valence-electron chi connectivity index (χ1n) is 5.86. The molecule has 0 aliphatic heterocycles. The van der Waals surface area contributed by atoms with Gasteiger partial charge in [-0.1, -0.05) is 34.1 Å². The summed E-state index contributed by atoms with van der Waals surface area (Å²) in [5, 5.41) is 13.2. The van der Waals surface area contributed by atoms with E-state index in [9.17, 15) is 13.9 Å². The fraction of sp³-hybridized carbons (Fsp3) is 0.0667. The van der Waals surface area contributed by atoms with Gasteiger partial charge in [0.05, 0.1) is 5.56 Å². The van der Waals surface area contributed by atoms with Crippen molar-refractivity contribution in [3.8, 4) is 0 Å². The fourth-order valence-electron chi connectivity index (χ4n) is 2.20. The van der Waals surface area contributed by atoms with Gasteiger partial charge in [-0.15, -0.1) is 11.3 Å². The van der Waals surface area contributed by atoms with Gasteiger partial charge in [-0.2, -0.15) is 0 Å². The van der Waals surface area contributed by atoms with Crippen molar-refractivity contribution in [2.45, 2.75) is 6.10 Å². The van der Waals surface area contributed by atoms with Crippen LogP contribution in [0.3, 0.4) is 0 Å².